The van der Waals surface area contributed by atoms with Crippen molar-refractivity contribution in [3.63, 3.8) is 0 Å². The zero-order chi connectivity index (χ0) is 11.2. The largest absolute Gasteiger partial charge is 0.480 e. The number of amides is 2. The number of hydrogen-bond donors (Lipinski definition) is 1. The summed E-state index contributed by atoms with van der Waals surface area (Å²) in [6.45, 7) is 0.662. The molecule has 2 amide bonds. The molecule has 15 heavy (non-hydrogen) atoms. The lowest BCUT2D eigenvalue weighted by Gasteiger charge is -2.15. The maximum Gasteiger partial charge on any atom is 0.317 e. The Balaban J connectivity index is 2.08. The van der Waals surface area contributed by atoms with Crippen molar-refractivity contribution in [1.82, 2.24) is 9.80 Å². The number of imide groups is 1. The summed E-state index contributed by atoms with van der Waals surface area (Å²) in [5.41, 5.74) is 0. The van der Waals surface area contributed by atoms with Crippen molar-refractivity contribution in [3.8, 4) is 0 Å². The molecule has 0 radical (unpaired) electrons. The monoisotopic (exact) mass is 212 g/mol. The van der Waals surface area contributed by atoms with Gasteiger partial charge in [-0.15, -0.1) is 0 Å². The van der Waals surface area contributed by atoms with Crippen LogP contribution in [0.1, 0.15) is 0 Å². The highest BCUT2D eigenvalue weighted by atomic mass is 16.4. The van der Waals surface area contributed by atoms with Gasteiger partial charge in [0.05, 0.1) is 18.4 Å². The van der Waals surface area contributed by atoms with Crippen molar-refractivity contribution in [2.45, 2.75) is 0 Å². The van der Waals surface area contributed by atoms with Crippen molar-refractivity contribution in [2.24, 2.45) is 11.8 Å². The van der Waals surface area contributed by atoms with Gasteiger partial charge in [-0.2, -0.15) is 0 Å². The molecule has 0 unspecified atom stereocenters. The highest BCUT2D eigenvalue weighted by Crippen LogP contribution is 2.32. The smallest absolute Gasteiger partial charge is 0.317 e. The molecule has 0 aromatic carbocycles. The van der Waals surface area contributed by atoms with E-state index in [1.54, 1.807) is 4.90 Å². The Morgan fingerprint density at radius 3 is 2.20 bits per heavy atom. The second-order valence-corrected chi connectivity index (χ2v) is 4.04. The molecular weight excluding hydrogens is 200 g/mol. The van der Waals surface area contributed by atoms with Crippen molar-refractivity contribution in [3.05, 3.63) is 0 Å². The van der Waals surface area contributed by atoms with Gasteiger partial charge >= 0.3 is 5.97 Å². The number of carboxylic acids is 1. The lowest BCUT2D eigenvalue weighted by molar-refractivity contribution is -0.141. The minimum Gasteiger partial charge on any atom is -0.480 e. The Labute approximate surface area is 86.4 Å². The third kappa shape index (κ3) is 1.50. The van der Waals surface area contributed by atoms with Gasteiger partial charge in [0.15, 0.2) is 0 Å². The summed E-state index contributed by atoms with van der Waals surface area (Å²) in [7, 11) is 1.48. The summed E-state index contributed by atoms with van der Waals surface area (Å²) in [6, 6.07) is 0. The van der Waals surface area contributed by atoms with Gasteiger partial charge in [0.25, 0.3) is 0 Å². The van der Waals surface area contributed by atoms with Gasteiger partial charge in [0.2, 0.25) is 11.8 Å². The summed E-state index contributed by atoms with van der Waals surface area (Å²) in [6.07, 6.45) is 0. The van der Waals surface area contributed by atoms with Crippen LogP contribution in [0.25, 0.3) is 0 Å². The molecule has 0 aromatic rings. The van der Waals surface area contributed by atoms with Gasteiger partial charge in [-0.3, -0.25) is 24.2 Å². The molecule has 0 spiro atoms. The maximum absolute atomic E-state index is 11.6. The predicted molar refractivity (Wildman–Crippen MR) is 48.8 cm³/mol. The molecule has 6 heteroatoms. The fraction of sp³-hybridized carbons (Fsp3) is 0.667. The van der Waals surface area contributed by atoms with Crippen molar-refractivity contribution < 1.29 is 19.5 Å². The highest BCUT2D eigenvalue weighted by molar-refractivity contribution is 6.05. The van der Waals surface area contributed by atoms with Crippen LogP contribution in [0, 0.1) is 11.8 Å². The van der Waals surface area contributed by atoms with Crippen LogP contribution in [-0.4, -0.2) is 59.4 Å². The number of likely N-dealkylation sites (tertiary alicyclic amines) is 2. The Kier molecular flexibility index (Phi) is 2.22. The fourth-order valence-corrected chi connectivity index (χ4v) is 2.31. The van der Waals surface area contributed by atoms with E-state index < -0.39 is 5.97 Å². The molecule has 2 aliphatic rings. The van der Waals surface area contributed by atoms with Gasteiger partial charge in [0, 0.05) is 20.1 Å². The minimum absolute atomic E-state index is 0.0999. The Hall–Kier alpha value is -1.43. The standard InChI is InChI=1S/C9H12N2O4/c1-10-8(14)5-2-11(4-7(12)13)3-6(5)9(10)15/h5-6H,2-4H2,1H3,(H,12,13)/t5-,6-/m1/s1. The fourth-order valence-electron chi connectivity index (χ4n) is 2.31. The van der Waals surface area contributed by atoms with Gasteiger partial charge in [0.1, 0.15) is 0 Å². The third-order valence-corrected chi connectivity index (χ3v) is 3.05. The molecule has 1 N–H and O–H groups in total. The zero-order valence-corrected chi connectivity index (χ0v) is 8.34. The molecule has 82 valence electrons. The van der Waals surface area contributed by atoms with Crippen LogP contribution >= 0.6 is 0 Å². The van der Waals surface area contributed by atoms with Crippen molar-refractivity contribution in [2.75, 3.05) is 26.7 Å². The number of fused-ring (bicyclic) bond motifs is 1. The number of carbonyl (C=O) groups is 3. The number of carbonyl (C=O) groups excluding carboxylic acids is 2. The maximum atomic E-state index is 11.6. The highest BCUT2D eigenvalue weighted by Gasteiger charge is 2.50. The summed E-state index contributed by atoms with van der Waals surface area (Å²) in [5, 5.41) is 8.60. The van der Waals surface area contributed by atoms with Gasteiger partial charge in [-0.05, 0) is 0 Å². The first kappa shape index (κ1) is 10.1. The summed E-state index contributed by atoms with van der Waals surface area (Å²) >= 11 is 0. The molecule has 0 saturated carbocycles. The van der Waals surface area contributed by atoms with E-state index in [0.717, 1.165) is 4.90 Å². The van der Waals surface area contributed by atoms with Crippen LogP contribution < -0.4 is 0 Å². The molecule has 0 bridgehead atoms. The first-order valence-electron chi connectivity index (χ1n) is 4.76. The van der Waals surface area contributed by atoms with E-state index in [1.807, 2.05) is 0 Å². The van der Waals surface area contributed by atoms with Crippen molar-refractivity contribution in [1.29, 1.82) is 0 Å². The zero-order valence-electron chi connectivity index (χ0n) is 8.34. The summed E-state index contributed by atoms with van der Waals surface area (Å²) < 4.78 is 0. The van der Waals surface area contributed by atoms with Crippen molar-refractivity contribution >= 4 is 17.8 Å². The Bertz CT molecular complexity index is 317. The Morgan fingerprint density at radius 2 is 1.80 bits per heavy atom. The number of carboxylic acid groups (broad SMARTS) is 1. The molecule has 2 atom stereocenters. The number of hydrogen-bond acceptors (Lipinski definition) is 4. The molecule has 2 aliphatic heterocycles. The minimum atomic E-state index is -0.928. The van der Waals surface area contributed by atoms with Crippen LogP contribution in [0.2, 0.25) is 0 Å². The van der Waals surface area contributed by atoms with Crippen LogP contribution in [0.5, 0.6) is 0 Å². The van der Waals surface area contributed by atoms with Gasteiger partial charge in [-0.1, -0.05) is 0 Å². The summed E-state index contributed by atoms with van der Waals surface area (Å²) in [4.78, 5) is 36.4. The van der Waals surface area contributed by atoms with Gasteiger partial charge < -0.3 is 5.11 Å². The van der Waals surface area contributed by atoms with E-state index in [1.165, 1.54) is 7.05 Å². The van der Waals surface area contributed by atoms with E-state index in [0.29, 0.717) is 13.1 Å². The molecule has 0 aromatic heterocycles. The number of nitrogens with zero attached hydrogens (tertiary/aromatic N) is 2. The van der Waals surface area contributed by atoms with Crippen LogP contribution in [0.3, 0.4) is 0 Å². The molecule has 2 rings (SSSR count). The molecule has 2 heterocycles. The number of rotatable bonds is 2. The topological polar surface area (TPSA) is 77.9 Å². The van der Waals surface area contributed by atoms with Crippen LogP contribution in [0.4, 0.5) is 0 Å². The molecule has 2 fully saturated rings. The number of aliphatic carboxylic acids is 1. The van der Waals surface area contributed by atoms with Crippen LogP contribution in [-0.2, 0) is 14.4 Å². The molecule has 2 saturated heterocycles. The van der Waals surface area contributed by atoms with E-state index in [4.69, 9.17) is 5.11 Å². The second kappa shape index (κ2) is 3.30. The van der Waals surface area contributed by atoms with E-state index in [2.05, 4.69) is 0 Å². The Morgan fingerprint density at radius 1 is 1.33 bits per heavy atom. The lowest BCUT2D eigenvalue weighted by atomic mass is 10.00. The van der Waals surface area contributed by atoms with E-state index in [9.17, 15) is 14.4 Å². The SMILES string of the molecule is CN1C(=O)[C@@H]2CN(CC(=O)O)C[C@H]2C1=O. The quantitative estimate of drug-likeness (QED) is 0.571. The molecule has 0 aliphatic carbocycles. The normalized spacial score (nSPS) is 31.1. The van der Waals surface area contributed by atoms with Crippen LogP contribution in [0.15, 0.2) is 0 Å². The average Bonchev–Trinajstić information content (AvgIpc) is 2.63. The van der Waals surface area contributed by atoms with E-state index >= 15 is 0 Å². The third-order valence-electron chi connectivity index (χ3n) is 3.05. The summed E-state index contributed by atoms with van der Waals surface area (Å²) in [5.74, 6) is -1.96. The lowest BCUT2D eigenvalue weighted by Crippen LogP contribution is -2.35. The first-order valence-corrected chi connectivity index (χ1v) is 4.76. The molecular formula is C9H12N2O4. The predicted octanol–water partition coefficient (Wildman–Crippen LogP) is -1.38. The average molecular weight is 212 g/mol. The molecule has 6 nitrogen and oxygen atoms in total. The van der Waals surface area contributed by atoms with Gasteiger partial charge in [-0.25, -0.2) is 0 Å². The first-order chi connectivity index (χ1) is 7.00. The second-order valence-electron chi connectivity index (χ2n) is 4.04. The van der Waals surface area contributed by atoms with E-state index in [-0.39, 0.29) is 30.2 Å².